The fraction of sp³-hybridized carbons (Fsp3) is 0.941. The molecular formula is C17H37IN4O. The van der Waals surface area contributed by atoms with Gasteiger partial charge in [0.1, 0.15) is 0 Å². The summed E-state index contributed by atoms with van der Waals surface area (Å²) in [5.41, 5.74) is 6.00. The largest absolute Gasteiger partial charge is 0.382 e. The Labute approximate surface area is 159 Å². The minimum Gasteiger partial charge on any atom is -0.382 e. The maximum atomic E-state index is 6.00. The monoisotopic (exact) mass is 440 g/mol. The van der Waals surface area contributed by atoms with Crippen LogP contribution in [-0.4, -0.2) is 56.3 Å². The first kappa shape index (κ1) is 22.9. The van der Waals surface area contributed by atoms with E-state index >= 15 is 0 Å². The number of aliphatic imine (C=N–C) groups is 1. The van der Waals surface area contributed by atoms with Gasteiger partial charge < -0.3 is 15.8 Å². The lowest BCUT2D eigenvalue weighted by Crippen LogP contribution is -2.42. The fourth-order valence-electron chi connectivity index (χ4n) is 3.25. The van der Waals surface area contributed by atoms with Crippen molar-refractivity contribution in [3.63, 3.8) is 0 Å². The molecule has 138 valence electrons. The third-order valence-corrected chi connectivity index (χ3v) is 4.63. The van der Waals surface area contributed by atoms with Crippen LogP contribution < -0.4 is 11.1 Å². The number of likely N-dealkylation sites (tertiary alicyclic amines) is 1. The van der Waals surface area contributed by atoms with Gasteiger partial charge in [-0.2, -0.15) is 0 Å². The minimum absolute atomic E-state index is 0. The maximum absolute atomic E-state index is 6.00. The summed E-state index contributed by atoms with van der Waals surface area (Å²) in [7, 11) is 0. The molecule has 1 heterocycles. The average Bonchev–Trinajstić information content (AvgIpc) is 3.05. The molecular weight excluding hydrogens is 403 g/mol. The highest BCUT2D eigenvalue weighted by atomic mass is 127. The van der Waals surface area contributed by atoms with E-state index in [9.17, 15) is 0 Å². The van der Waals surface area contributed by atoms with E-state index in [1.807, 2.05) is 6.92 Å². The van der Waals surface area contributed by atoms with Crippen molar-refractivity contribution in [2.24, 2.45) is 16.6 Å². The fourth-order valence-corrected chi connectivity index (χ4v) is 3.25. The van der Waals surface area contributed by atoms with Crippen LogP contribution in [0.25, 0.3) is 0 Å². The molecule has 3 N–H and O–H groups in total. The number of rotatable bonds is 11. The first-order chi connectivity index (χ1) is 10.7. The lowest BCUT2D eigenvalue weighted by molar-refractivity contribution is 0.145. The van der Waals surface area contributed by atoms with Gasteiger partial charge in [0.25, 0.3) is 0 Å². The number of hydrogen-bond acceptors (Lipinski definition) is 3. The van der Waals surface area contributed by atoms with Crippen molar-refractivity contribution in [1.29, 1.82) is 0 Å². The van der Waals surface area contributed by atoms with Crippen molar-refractivity contribution >= 4 is 29.9 Å². The van der Waals surface area contributed by atoms with Crippen LogP contribution in [0.5, 0.6) is 0 Å². The lowest BCUT2D eigenvalue weighted by Gasteiger charge is -2.32. The van der Waals surface area contributed by atoms with Gasteiger partial charge in [0.2, 0.25) is 0 Å². The van der Waals surface area contributed by atoms with Crippen LogP contribution in [0.1, 0.15) is 52.9 Å². The molecule has 1 rings (SSSR count). The number of nitrogens with two attached hydrogens (primary N) is 1. The number of ether oxygens (including phenoxy) is 1. The molecule has 0 aromatic rings. The minimum atomic E-state index is 0. The van der Waals surface area contributed by atoms with Crippen LogP contribution in [0.3, 0.4) is 0 Å². The lowest BCUT2D eigenvalue weighted by atomic mass is 9.93. The number of hydrogen-bond donors (Lipinski definition) is 2. The van der Waals surface area contributed by atoms with E-state index in [1.54, 1.807) is 0 Å². The van der Waals surface area contributed by atoms with E-state index in [1.165, 1.54) is 38.8 Å². The second-order valence-electron chi connectivity index (χ2n) is 6.09. The average molecular weight is 440 g/mol. The number of nitrogens with one attached hydrogen (secondary N) is 1. The molecule has 0 bridgehead atoms. The molecule has 0 saturated carbocycles. The molecule has 1 aliphatic heterocycles. The summed E-state index contributed by atoms with van der Waals surface area (Å²) >= 11 is 0. The Morgan fingerprint density at radius 2 is 1.87 bits per heavy atom. The van der Waals surface area contributed by atoms with Crippen molar-refractivity contribution in [1.82, 2.24) is 10.2 Å². The van der Waals surface area contributed by atoms with Crippen LogP contribution in [-0.2, 0) is 4.74 Å². The second-order valence-corrected chi connectivity index (χ2v) is 6.09. The summed E-state index contributed by atoms with van der Waals surface area (Å²) < 4.78 is 5.31. The molecule has 0 aromatic carbocycles. The second kappa shape index (κ2) is 14.3. The molecule has 1 fully saturated rings. The van der Waals surface area contributed by atoms with Crippen molar-refractivity contribution in [2.75, 3.05) is 39.4 Å². The molecule has 6 heteroatoms. The Bertz CT molecular complexity index is 303. The molecule has 0 spiro atoms. The van der Waals surface area contributed by atoms with Crippen molar-refractivity contribution in [3.05, 3.63) is 0 Å². The van der Waals surface area contributed by atoms with Crippen molar-refractivity contribution < 1.29 is 4.74 Å². The molecule has 0 radical (unpaired) electrons. The SMILES string of the molecule is CCOCCCNC(N)=NCC(C(CC)CC)N1CCCC1.I. The van der Waals surface area contributed by atoms with Crippen LogP contribution in [0.15, 0.2) is 4.99 Å². The highest BCUT2D eigenvalue weighted by molar-refractivity contribution is 14.0. The van der Waals surface area contributed by atoms with Crippen LogP contribution in [0, 0.1) is 5.92 Å². The molecule has 0 aromatic heterocycles. The summed E-state index contributed by atoms with van der Waals surface area (Å²) in [4.78, 5) is 7.22. The number of halogens is 1. The van der Waals surface area contributed by atoms with Gasteiger partial charge in [0.15, 0.2) is 5.96 Å². The van der Waals surface area contributed by atoms with Gasteiger partial charge >= 0.3 is 0 Å². The molecule has 1 atom stereocenters. The molecule has 1 aliphatic rings. The Balaban J connectivity index is 0.00000484. The van der Waals surface area contributed by atoms with Gasteiger partial charge in [0, 0.05) is 25.8 Å². The first-order valence-corrected chi connectivity index (χ1v) is 9.08. The van der Waals surface area contributed by atoms with Gasteiger partial charge in [-0.1, -0.05) is 26.7 Å². The highest BCUT2D eigenvalue weighted by Gasteiger charge is 2.27. The maximum Gasteiger partial charge on any atom is 0.188 e. The molecule has 1 unspecified atom stereocenters. The van der Waals surface area contributed by atoms with Gasteiger partial charge in [-0.25, -0.2) is 0 Å². The summed E-state index contributed by atoms with van der Waals surface area (Å²) in [6.45, 7) is 12.2. The van der Waals surface area contributed by atoms with E-state index in [0.29, 0.717) is 17.9 Å². The van der Waals surface area contributed by atoms with Crippen molar-refractivity contribution in [2.45, 2.75) is 58.9 Å². The number of guanidine groups is 1. The van der Waals surface area contributed by atoms with E-state index < -0.39 is 0 Å². The van der Waals surface area contributed by atoms with Crippen molar-refractivity contribution in [3.8, 4) is 0 Å². The van der Waals surface area contributed by atoms with E-state index in [-0.39, 0.29) is 24.0 Å². The van der Waals surface area contributed by atoms with E-state index in [2.05, 4.69) is 29.1 Å². The van der Waals surface area contributed by atoms with Crippen LogP contribution >= 0.6 is 24.0 Å². The zero-order valence-corrected chi connectivity index (χ0v) is 17.6. The summed E-state index contributed by atoms with van der Waals surface area (Å²) in [6, 6.07) is 0.543. The predicted octanol–water partition coefficient (Wildman–Crippen LogP) is 2.84. The Hall–Kier alpha value is -0.0800. The molecule has 0 aliphatic carbocycles. The summed E-state index contributed by atoms with van der Waals surface area (Å²) in [5, 5.41) is 3.19. The number of nitrogens with zero attached hydrogens (tertiary/aromatic N) is 2. The quantitative estimate of drug-likeness (QED) is 0.225. The van der Waals surface area contributed by atoms with Gasteiger partial charge in [-0.3, -0.25) is 9.89 Å². The zero-order valence-electron chi connectivity index (χ0n) is 15.2. The molecule has 1 saturated heterocycles. The topological polar surface area (TPSA) is 62.9 Å². The van der Waals surface area contributed by atoms with E-state index in [0.717, 1.165) is 32.7 Å². The van der Waals surface area contributed by atoms with Gasteiger partial charge in [0.05, 0.1) is 6.54 Å². The summed E-state index contributed by atoms with van der Waals surface area (Å²) in [5.74, 6) is 1.29. The zero-order chi connectivity index (χ0) is 16.2. The predicted molar refractivity (Wildman–Crippen MR) is 110 cm³/mol. The highest BCUT2D eigenvalue weighted by Crippen LogP contribution is 2.23. The molecule has 5 nitrogen and oxygen atoms in total. The third kappa shape index (κ3) is 9.10. The molecule has 0 amide bonds. The van der Waals surface area contributed by atoms with Crippen LogP contribution in [0.4, 0.5) is 0 Å². The first-order valence-electron chi connectivity index (χ1n) is 9.08. The Morgan fingerprint density at radius 3 is 2.43 bits per heavy atom. The van der Waals surface area contributed by atoms with E-state index in [4.69, 9.17) is 10.5 Å². The third-order valence-electron chi connectivity index (χ3n) is 4.63. The van der Waals surface area contributed by atoms with Gasteiger partial charge in [-0.05, 0) is 45.2 Å². The standard InChI is InChI=1S/C17H36N4O.HI/c1-4-15(5-2)16(21-11-7-8-12-21)14-20-17(18)19-10-9-13-22-6-3;/h15-16H,4-14H2,1-3H3,(H3,18,19,20);1H. The van der Waals surface area contributed by atoms with Crippen LogP contribution in [0.2, 0.25) is 0 Å². The Morgan fingerprint density at radius 1 is 1.22 bits per heavy atom. The smallest absolute Gasteiger partial charge is 0.188 e. The summed E-state index contributed by atoms with van der Waals surface area (Å²) in [6.07, 6.45) is 6.05. The molecule has 23 heavy (non-hydrogen) atoms. The van der Waals surface area contributed by atoms with Gasteiger partial charge in [-0.15, -0.1) is 24.0 Å². The Kier molecular flexibility index (Phi) is 14.2. The normalized spacial score (nSPS) is 17.3.